The van der Waals surface area contributed by atoms with Crippen LogP contribution in [0.1, 0.15) is 6.42 Å². The topological polar surface area (TPSA) is 94.9 Å². The number of amides is 1. The Kier molecular flexibility index (Phi) is 4.15. The van der Waals surface area contributed by atoms with Crippen LogP contribution in [0.15, 0.2) is 20.5 Å². The van der Waals surface area contributed by atoms with Crippen molar-refractivity contribution in [3.8, 4) is 0 Å². The highest BCUT2D eigenvalue weighted by Gasteiger charge is 2.32. The molecule has 9 heteroatoms. The number of aromatic nitrogens is 2. The number of rotatable bonds is 3. The third-order valence-corrected chi connectivity index (χ3v) is 3.46. The molecule has 0 N–H and O–H groups in total. The van der Waals surface area contributed by atoms with Gasteiger partial charge in [-0.3, -0.25) is 9.69 Å². The van der Waals surface area contributed by atoms with Crippen LogP contribution in [0.25, 0.3) is 10.4 Å². The number of carbonyl (C=O) groups is 1. The summed E-state index contributed by atoms with van der Waals surface area (Å²) >= 11 is 6.48. The van der Waals surface area contributed by atoms with Crippen LogP contribution in [0.4, 0.5) is 5.82 Å². The second-order valence-electron chi connectivity index (χ2n) is 3.80. The molecule has 0 saturated carbocycles. The third kappa shape index (κ3) is 2.80. The lowest BCUT2D eigenvalue weighted by atomic mass is 10.1. The first-order valence-corrected chi connectivity index (χ1v) is 6.69. The number of hydrogen-bond donors (Lipinski definition) is 0. The zero-order valence-electron chi connectivity index (χ0n) is 9.12. The second-order valence-corrected chi connectivity index (χ2v) is 5.36. The Hall–Kier alpha value is -1.18. The SMILES string of the molecule is [N-]=[N+]=NCC1CC(=O)N(c2ncc(Br)nc2Br)C1. The van der Waals surface area contributed by atoms with Crippen LogP contribution in [-0.4, -0.2) is 29.0 Å². The van der Waals surface area contributed by atoms with Gasteiger partial charge in [-0.05, 0) is 43.3 Å². The maximum absolute atomic E-state index is 11.9. The maximum atomic E-state index is 11.9. The minimum absolute atomic E-state index is 0.0331. The summed E-state index contributed by atoms with van der Waals surface area (Å²) in [6.45, 7) is 0.813. The fourth-order valence-electron chi connectivity index (χ4n) is 1.78. The first-order chi connectivity index (χ1) is 8.61. The van der Waals surface area contributed by atoms with Gasteiger partial charge in [0.15, 0.2) is 5.82 Å². The van der Waals surface area contributed by atoms with E-state index >= 15 is 0 Å². The lowest BCUT2D eigenvalue weighted by molar-refractivity contribution is -0.117. The van der Waals surface area contributed by atoms with Gasteiger partial charge in [0, 0.05) is 24.4 Å². The van der Waals surface area contributed by atoms with E-state index in [-0.39, 0.29) is 11.8 Å². The lowest BCUT2D eigenvalue weighted by Crippen LogP contribution is -2.26. The van der Waals surface area contributed by atoms with E-state index in [9.17, 15) is 4.79 Å². The van der Waals surface area contributed by atoms with Crippen LogP contribution >= 0.6 is 31.9 Å². The van der Waals surface area contributed by atoms with Gasteiger partial charge in [0.25, 0.3) is 0 Å². The zero-order valence-corrected chi connectivity index (χ0v) is 12.3. The molecule has 1 aliphatic rings. The summed E-state index contributed by atoms with van der Waals surface area (Å²) in [4.78, 5) is 24.4. The lowest BCUT2D eigenvalue weighted by Gasteiger charge is -2.16. The molecular weight excluding hydrogens is 368 g/mol. The Morgan fingerprint density at radius 1 is 1.61 bits per heavy atom. The summed E-state index contributed by atoms with van der Waals surface area (Å²) in [5.74, 6) is 0.489. The van der Waals surface area contributed by atoms with Gasteiger partial charge in [0.2, 0.25) is 5.91 Å². The van der Waals surface area contributed by atoms with Gasteiger partial charge < -0.3 is 0 Å². The minimum atomic E-state index is -0.0366. The smallest absolute Gasteiger partial charge is 0.228 e. The fourth-order valence-corrected chi connectivity index (χ4v) is 2.81. The fraction of sp³-hybridized carbons (Fsp3) is 0.444. The first-order valence-electron chi connectivity index (χ1n) is 5.11. The van der Waals surface area contributed by atoms with Crippen LogP contribution in [0.3, 0.4) is 0 Å². The third-order valence-electron chi connectivity index (χ3n) is 2.55. The van der Waals surface area contributed by atoms with Crippen molar-refractivity contribution in [3.05, 3.63) is 25.8 Å². The standard InChI is InChI=1S/C9H8Br2N6O/c10-6-3-13-9(8(11)15-6)17-4-5(1-7(17)18)2-14-16-12/h3,5H,1-2,4H2. The van der Waals surface area contributed by atoms with Gasteiger partial charge in [-0.15, -0.1) is 0 Å². The molecule has 0 aromatic carbocycles. The van der Waals surface area contributed by atoms with Gasteiger partial charge >= 0.3 is 0 Å². The molecule has 1 fully saturated rings. The highest BCUT2D eigenvalue weighted by atomic mass is 79.9. The molecule has 18 heavy (non-hydrogen) atoms. The molecule has 1 amide bonds. The van der Waals surface area contributed by atoms with Crippen molar-refractivity contribution < 1.29 is 4.79 Å². The van der Waals surface area contributed by atoms with E-state index < -0.39 is 0 Å². The highest BCUT2D eigenvalue weighted by molar-refractivity contribution is 9.11. The van der Waals surface area contributed by atoms with Gasteiger partial charge in [-0.25, -0.2) is 9.97 Å². The molecule has 0 aliphatic carbocycles. The van der Waals surface area contributed by atoms with Crippen LogP contribution in [0.2, 0.25) is 0 Å². The summed E-state index contributed by atoms with van der Waals surface area (Å²) in [7, 11) is 0. The molecule has 94 valence electrons. The van der Waals surface area contributed by atoms with E-state index in [4.69, 9.17) is 5.53 Å². The van der Waals surface area contributed by atoms with E-state index in [2.05, 4.69) is 51.9 Å². The largest absolute Gasteiger partial charge is 0.294 e. The minimum Gasteiger partial charge on any atom is -0.294 e. The van der Waals surface area contributed by atoms with Crippen molar-refractivity contribution in [1.29, 1.82) is 0 Å². The number of nitrogens with zero attached hydrogens (tertiary/aromatic N) is 6. The van der Waals surface area contributed by atoms with Gasteiger partial charge in [-0.1, -0.05) is 5.11 Å². The second kappa shape index (κ2) is 5.64. The summed E-state index contributed by atoms with van der Waals surface area (Å²) in [5.41, 5.74) is 8.27. The normalized spacial score (nSPS) is 18.9. The Balaban J connectivity index is 2.18. The van der Waals surface area contributed by atoms with Crippen molar-refractivity contribution >= 4 is 43.6 Å². The predicted octanol–water partition coefficient (Wildman–Crippen LogP) is 2.66. The van der Waals surface area contributed by atoms with Crippen molar-refractivity contribution in [2.45, 2.75) is 6.42 Å². The van der Waals surface area contributed by atoms with Gasteiger partial charge in [0.1, 0.15) is 9.21 Å². The molecule has 0 radical (unpaired) electrons. The molecule has 1 aromatic heterocycles. The predicted molar refractivity (Wildman–Crippen MR) is 71.9 cm³/mol. The average molecular weight is 376 g/mol. The molecule has 1 atom stereocenters. The first kappa shape index (κ1) is 13.3. The molecule has 2 rings (SSSR count). The molecule has 2 heterocycles. The molecule has 0 spiro atoms. The zero-order chi connectivity index (χ0) is 13.1. The van der Waals surface area contributed by atoms with Crippen molar-refractivity contribution in [1.82, 2.24) is 9.97 Å². The molecule has 7 nitrogen and oxygen atoms in total. The summed E-state index contributed by atoms with van der Waals surface area (Å²) < 4.78 is 1.10. The number of azide groups is 1. The van der Waals surface area contributed by atoms with Crippen LogP contribution in [0, 0.1) is 5.92 Å². The van der Waals surface area contributed by atoms with Crippen LogP contribution in [-0.2, 0) is 4.79 Å². The molecule has 1 aliphatic heterocycles. The van der Waals surface area contributed by atoms with Crippen molar-refractivity contribution in [2.75, 3.05) is 18.0 Å². The highest BCUT2D eigenvalue weighted by Crippen LogP contribution is 2.29. The summed E-state index contributed by atoms with van der Waals surface area (Å²) in [6, 6.07) is 0. The Labute approximate surface area is 119 Å². The van der Waals surface area contributed by atoms with E-state index in [1.54, 1.807) is 4.90 Å². The quantitative estimate of drug-likeness (QED) is 0.461. The number of halogens is 2. The molecular formula is C9H8Br2N6O. The Bertz CT molecular complexity index is 530. The van der Waals surface area contributed by atoms with E-state index in [0.717, 1.165) is 0 Å². The maximum Gasteiger partial charge on any atom is 0.228 e. The number of hydrogen-bond acceptors (Lipinski definition) is 4. The van der Waals surface area contributed by atoms with Crippen molar-refractivity contribution in [3.63, 3.8) is 0 Å². The summed E-state index contributed by atoms with van der Waals surface area (Å²) in [6.07, 6.45) is 1.90. The Morgan fingerprint density at radius 2 is 2.39 bits per heavy atom. The van der Waals surface area contributed by atoms with Crippen molar-refractivity contribution in [2.24, 2.45) is 11.0 Å². The number of anilines is 1. The molecule has 0 bridgehead atoms. The Morgan fingerprint density at radius 3 is 3.06 bits per heavy atom. The van der Waals surface area contributed by atoms with Gasteiger partial charge in [-0.2, -0.15) is 0 Å². The molecule has 1 saturated heterocycles. The monoisotopic (exact) mass is 374 g/mol. The van der Waals surface area contributed by atoms with Gasteiger partial charge in [0.05, 0.1) is 6.20 Å². The molecule has 1 unspecified atom stereocenters. The van der Waals surface area contributed by atoms with E-state index in [1.807, 2.05) is 0 Å². The number of carbonyl (C=O) groups excluding carboxylic acids is 1. The van der Waals surface area contributed by atoms with E-state index in [1.165, 1.54) is 6.20 Å². The van der Waals surface area contributed by atoms with Crippen LogP contribution in [0.5, 0.6) is 0 Å². The molecule has 1 aromatic rings. The van der Waals surface area contributed by atoms with Crippen LogP contribution < -0.4 is 4.90 Å². The summed E-state index contributed by atoms with van der Waals surface area (Å²) in [5, 5.41) is 3.50. The average Bonchev–Trinajstić information content (AvgIpc) is 2.68. The van der Waals surface area contributed by atoms with E-state index in [0.29, 0.717) is 34.5 Å².